The summed E-state index contributed by atoms with van der Waals surface area (Å²) in [7, 11) is 1.41. The molecule has 14 heavy (non-hydrogen) atoms. The zero-order valence-electron chi connectivity index (χ0n) is 7.08. The van der Waals surface area contributed by atoms with E-state index in [1.165, 1.54) is 6.07 Å². The van der Waals surface area contributed by atoms with Gasteiger partial charge in [0.15, 0.2) is 0 Å². The molecule has 0 aromatic heterocycles. The molecule has 0 saturated heterocycles. The molecule has 74 valence electrons. The third-order valence-corrected chi connectivity index (χ3v) is 3.61. The molecule has 0 radical (unpaired) electrons. The van der Waals surface area contributed by atoms with E-state index < -0.39 is 9.05 Å². The Labute approximate surface area is 94.9 Å². The van der Waals surface area contributed by atoms with Crippen LogP contribution in [0.3, 0.4) is 0 Å². The van der Waals surface area contributed by atoms with Crippen LogP contribution in [0.15, 0.2) is 21.5 Å². The van der Waals surface area contributed by atoms with Gasteiger partial charge in [-0.2, -0.15) is 5.26 Å². The largest absolute Gasteiger partial charge is 0.261 e. The van der Waals surface area contributed by atoms with Crippen molar-refractivity contribution in [2.75, 3.05) is 0 Å². The highest BCUT2D eigenvalue weighted by atomic mass is 79.9. The monoisotopic (exact) mass is 293 g/mol. The third kappa shape index (κ3) is 2.27. The molecule has 3 nitrogen and oxygen atoms in total. The minimum atomic E-state index is -3.80. The second-order valence-corrected chi connectivity index (χ2v) is 6.08. The van der Waals surface area contributed by atoms with Gasteiger partial charge in [-0.05, 0) is 24.6 Å². The van der Waals surface area contributed by atoms with Gasteiger partial charge in [0.1, 0.15) is 0 Å². The van der Waals surface area contributed by atoms with Crippen LogP contribution in [0.1, 0.15) is 11.1 Å². The minimum Gasteiger partial charge on any atom is -0.207 e. The summed E-state index contributed by atoms with van der Waals surface area (Å²) >= 11 is 3.11. The predicted octanol–water partition coefficient (Wildman–Crippen LogP) is 2.56. The first-order valence-electron chi connectivity index (χ1n) is 3.51. The van der Waals surface area contributed by atoms with Gasteiger partial charge in [-0.1, -0.05) is 15.9 Å². The molecule has 0 bridgehead atoms. The standard InChI is InChI=1S/C8H5BrClNO2S/c1-5-6(4-11)2-7(9)3-8(5)14(10,12)13/h2-3H,1H3. The van der Waals surface area contributed by atoms with E-state index in [1.54, 1.807) is 13.0 Å². The molecule has 0 spiro atoms. The molecule has 0 saturated carbocycles. The van der Waals surface area contributed by atoms with Crippen LogP contribution >= 0.6 is 26.6 Å². The summed E-state index contributed by atoms with van der Waals surface area (Å²) in [4.78, 5) is -0.0370. The molecule has 0 amide bonds. The van der Waals surface area contributed by atoms with Crippen molar-refractivity contribution in [3.05, 3.63) is 27.7 Å². The predicted molar refractivity (Wildman–Crippen MR) is 56.6 cm³/mol. The Balaban J connectivity index is 3.64. The Kier molecular flexibility index (Phi) is 3.20. The van der Waals surface area contributed by atoms with E-state index in [4.69, 9.17) is 15.9 Å². The van der Waals surface area contributed by atoms with Crippen LogP contribution in [-0.4, -0.2) is 8.42 Å². The molecule has 0 aliphatic rings. The van der Waals surface area contributed by atoms with Crippen LogP contribution in [0.4, 0.5) is 0 Å². The molecular weight excluding hydrogens is 290 g/mol. The van der Waals surface area contributed by atoms with Crippen molar-refractivity contribution in [3.63, 3.8) is 0 Å². The lowest BCUT2D eigenvalue weighted by atomic mass is 10.1. The molecule has 1 rings (SSSR count). The summed E-state index contributed by atoms with van der Waals surface area (Å²) in [6.45, 7) is 1.54. The highest BCUT2D eigenvalue weighted by Gasteiger charge is 2.16. The Morgan fingerprint density at radius 2 is 2.07 bits per heavy atom. The number of benzene rings is 1. The van der Waals surface area contributed by atoms with Crippen LogP contribution in [-0.2, 0) is 9.05 Å². The van der Waals surface area contributed by atoms with E-state index in [2.05, 4.69) is 15.9 Å². The van der Waals surface area contributed by atoms with Crippen molar-refractivity contribution < 1.29 is 8.42 Å². The van der Waals surface area contributed by atoms with Gasteiger partial charge in [0, 0.05) is 15.2 Å². The van der Waals surface area contributed by atoms with E-state index in [1.807, 2.05) is 6.07 Å². The minimum absolute atomic E-state index is 0.0370. The van der Waals surface area contributed by atoms with Crippen molar-refractivity contribution in [2.45, 2.75) is 11.8 Å². The van der Waals surface area contributed by atoms with E-state index >= 15 is 0 Å². The molecule has 0 unspecified atom stereocenters. The lowest BCUT2D eigenvalue weighted by molar-refractivity contribution is 0.609. The Bertz CT molecular complexity index is 519. The number of hydrogen-bond donors (Lipinski definition) is 0. The zero-order valence-corrected chi connectivity index (χ0v) is 10.2. The molecular formula is C8H5BrClNO2S. The van der Waals surface area contributed by atoms with Crippen molar-refractivity contribution in [1.29, 1.82) is 5.26 Å². The Hall–Kier alpha value is -0.570. The number of hydrogen-bond acceptors (Lipinski definition) is 3. The number of nitrogens with zero attached hydrogens (tertiary/aromatic N) is 1. The van der Waals surface area contributed by atoms with Gasteiger partial charge >= 0.3 is 0 Å². The molecule has 0 atom stereocenters. The molecule has 0 fully saturated rings. The topological polar surface area (TPSA) is 57.9 Å². The summed E-state index contributed by atoms with van der Waals surface area (Å²) < 4.78 is 22.7. The smallest absolute Gasteiger partial charge is 0.207 e. The van der Waals surface area contributed by atoms with Crippen molar-refractivity contribution in [1.82, 2.24) is 0 Å². The van der Waals surface area contributed by atoms with Gasteiger partial charge < -0.3 is 0 Å². The van der Waals surface area contributed by atoms with Crippen LogP contribution in [0.2, 0.25) is 0 Å². The van der Waals surface area contributed by atoms with Crippen LogP contribution in [0, 0.1) is 18.3 Å². The first kappa shape index (κ1) is 11.5. The van der Waals surface area contributed by atoms with E-state index in [0.717, 1.165) is 0 Å². The highest BCUT2D eigenvalue weighted by molar-refractivity contribution is 9.10. The first-order valence-corrected chi connectivity index (χ1v) is 6.61. The van der Waals surface area contributed by atoms with Gasteiger partial charge in [0.2, 0.25) is 0 Å². The van der Waals surface area contributed by atoms with Crippen LogP contribution < -0.4 is 0 Å². The fourth-order valence-corrected chi connectivity index (χ4v) is 2.86. The van der Waals surface area contributed by atoms with Crippen molar-refractivity contribution in [3.8, 4) is 6.07 Å². The average Bonchev–Trinajstić information content (AvgIpc) is 2.06. The normalized spacial score (nSPS) is 11.0. The molecule has 6 heteroatoms. The van der Waals surface area contributed by atoms with E-state index in [9.17, 15) is 8.42 Å². The Morgan fingerprint density at radius 1 is 1.50 bits per heavy atom. The molecule has 0 heterocycles. The molecule has 1 aromatic rings. The van der Waals surface area contributed by atoms with Gasteiger partial charge in [0.05, 0.1) is 16.5 Å². The highest BCUT2D eigenvalue weighted by Crippen LogP contribution is 2.26. The SMILES string of the molecule is Cc1c(C#N)cc(Br)cc1S(=O)(=O)Cl. The molecule has 0 N–H and O–H groups in total. The molecule has 1 aromatic carbocycles. The summed E-state index contributed by atoms with van der Waals surface area (Å²) in [5, 5.41) is 8.72. The fourth-order valence-electron chi connectivity index (χ4n) is 1.02. The second-order valence-electron chi connectivity index (χ2n) is 2.63. The quantitative estimate of drug-likeness (QED) is 0.748. The maximum absolute atomic E-state index is 11.1. The summed E-state index contributed by atoms with van der Waals surface area (Å²) in [5.74, 6) is 0. The van der Waals surface area contributed by atoms with Crippen LogP contribution in [0.25, 0.3) is 0 Å². The van der Waals surface area contributed by atoms with Gasteiger partial charge in [-0.15, -0.1) is 0 Å². The Morgan fingerprint density at radius 3 is 2.50 bits per heavy atom. The lowest BCUT2D eigenvalue weighted by Crippen LogP contribution is -1.97. The van der Waals surface area contributed by atoms with Gasteiger partial charge in [-0.25, -0.2) is 8.42 Å². The van der Waals surface area contributed by atoms with Crippen molar-refractivity contribution in [2.24, 2.45) is 0 Å². The van der Waals surface area contributed by atoms with E-state index in [-0.39, 0.29) is 4.90 Å². The number of rotatable bonds is 1. The summed E-state index contributed by atoms with van der Waals surface area (Å²) in [5.41, 5.74) is 0.657. The maximum Gasteiger partial charge on any atom is 0.261 e. The zero-order chi connectivity index (χ0) is 10.9. The number of nitriles is 1. The first-order chi connectivity index (χ1) is 6.36. The lowest BCUT2D eigenvalue weighted by Gasteiger charge is -2.04. The van der Waals surface area contributed by atoms with Gasteiger partial charge in [-0.3, -0.25) is 0 Å². The molecule has 0 aliphatic heterocycles. The maximum atomic E-state index is 11.1. The average molecular weight is 295 g/mol. The second kappa shape index (κ2) is 3.89. The molecule has 0 aliphatic carbocycles. The van der Waals surface area contributed by atoms with E-state index in [0.29, 0.717) is 15.6 Å². The third-order valence-electron chi connectivity index (χ3n) is 1.71. The number of halogens is 2. The fraction of sp³-hybridized carbons (Fsp3) is 0.125. The van der Waals surface area contributed by atoms with Gasteiger partial charge in [0.25, 0.3) is 9.05 Å². The summed E-state index contributed by atoms with van der Waals surface area (Å²) in [6, 6.07) is 4.81. The summed E-state index contributed by atoms with van der Waals surface area (Å²) in [6.07, 6.45) is 0. The van der Waals surface area contributed by atoms with Crippen LogP contribution in [0.5, 0.6) is 0 Å². The van der Waals surface area contributed by atoms with Crippen molar-refractivity contribution >= 4 is 35.7 Å².